The van der Waals surface area contributed by atoms with Crippen molar-refractivity contribution >= 4 is 11.7 Å². The first-order chi connectivity index (χ1) is 13.6. The summed E-state index contributed by atoms with van der Waals surface area (Å²) in [5, 5.41) is 0. The molecule has 3 aliphatic rings. The fraction of sp³-hybridized carbons (Fsp3) is 0.762. The van der Waals surface area contributed by atoms with E-state index in [2.05, 4.69) is 26.7 Å². The maximum Gasteiger partial charge on any atom is 0.227 e. The molecular weight excluding hydrogens is 354 g/mol. The predicted octanol–water partition coefficient (Wildman–Crippen LogP) is 1.63. The van der Waals surface area contributed by atoms with E-state index in [1.807, 2.05) is 11.8 Å². The van der Waals surface area contributed by atoms with Gasteiger partial charge in [-0.1, -0.05) is 0 Å². The SMILES string of the molecule is Cc1ncnc(N2CCC(N3CCCC(C(=O)N4CCOCC4)C3)CC2)c1C. The van der Waals surface area contributed by atoms with Gasteiger partial charge in [-0.3, -0.25) is 9.69 Å². The number of anilines is 1. The van der Waals surface area contributed by atoms with Crippen LogP contribution < -0.4 is 4.90 Å². The lowest BCUT2D eigenvalue weighted by Crippen LogP contribution is -2.52. The van der Waals surface area contributed by atoms with Crippen molar-refractivity contribution in [1.82, 2.24) is 19.8 Å². The molecule has 1 aromatic rings. The molecular formula is C21H33N5O2. The van der Waals surface area contributed by atoms with E-state index in [0.717, 1.165) is 76.5 Å². The molecule has 0 aliphatic carbocycles. The Balaban J connectivity index is 1.33. The zero-order chi connectivity index (χ0) is 19.5. The van der Waals surface area contributed by atoms with Crippen molar-refractivity contribution in [3.63, 3.8) is 0 Å². The Hall–Kier alpha value is -1.73. The first-order valence-corrected chi connectivity index (χ1v) is 10.8. The molecule has 4 heterocycles. The molecule has 7 nitrogen and oxygen atoms in total. The number of likely N-dealkylation sites (tertiary alicyclic amines) is 1. The highest BCUT2D eigenvalue weighted by Crippen LogP contribution is 2.28. The third-order valence-corrected chi connectivity index (χ3v) is 6.71. The van der Waals surface area contributed by atoms with Gasteiger partial charge in [0.15, 0.2) is 0 Å². The lowest BCUT2D eigenvalue weighted by molar-refractivity contribution is -0.141. The van der Waals surface area contributed by atoms with Gasteiger partial charge in [0.25, 0.3) is 0 Å². The first-order valence-electron chi connectivity index (χ1n) is 10.8. The van der Waals surface area contributed by atoms with E-state index in [4.69, 9.17) is 4.74 Å². The van der Waals surface area contributed by atoms with Crippen LogP contribution in [0.2, 0.25) is 0 Å². The maximum absolute atomic E-state index is 12.9. The van der Waals surface area contributed by atoms with Crippen LogP contribution >= 0.6 is 0 Å². The Labute approximate surface area is 168 Å². The Morgan fingerprint density at radius 1 is 1.04 bits per heavy atom. The minimum atomic E-state index is 0.164. The molecule has 0 bridgehead atoms. The Kier molecular flexibility index (Phi) is 6.11. The van der Waals surface area contributed by atoms with Gasteiger partial charge in [-0.25, -0.2) is 9.97 Å². The van der Waals surface area contributed by atoms with Gasteiger partial charge in [0.05, 0.1) is 19.1 Å². The van der Waals surface area contributed by atoms with Crippen molar-refractivity contribution < 1.29 is 9.53 Å². The fourth-order valence-corrected chi connectivity index (χ4v) is 4.87. The van der Waals surface area contributed by atoms with Gasteiger partial charge in [0.2, 0.25) is 5.91 Å². The van der Waals surface area contributed by atoms with Crippen molar-refractivity contribution in [2.24, 2.45) is 5.92 Å². The van der Waals surface area contributed by atoms with Crippen molar-refractivity contribution in [3.8, 4) is 0 Å². The molecule has 3 aliphatic heterocycles. The molecule has 0 N–H and O–H groups in total. The van der Waals surface area contributed by atoms with Gasteiger partial charge in [-0.2, -0.15) is 0 Å². The number of nitrogens with zero attached hydrogens (tertiary/aromatic N) is 5. The molecule has 1 amide bonds. The molecule has 0 aromatic carbocycles. The Morgan fingerprint density at radius 2 is 1.79 bits per heavy atom. The minimum absolute atomic E-state index is 0.164. The molecule has 4 rings (SSSR count). The first kappa shape index (κ1) is 19.6. The van der Waals surface area contributed by atoms with E-state index in [9.17, 15) is 4.79 Å². The number of hydrogen-bond acceptors (Lipinski definition) is 6. The smallest absolute Gasteiger partial charge is 0.227 e. The topological polar surface area (TPSA) is 61.8 Å². The van der Waals surface area contributed by atoms with Gasteiger partial charge < -0.3 is 14.5 Å². The molecule has 0 saturated carbocycles. The Bertz CT molecular complexity index is 683. The number of hydrogen-bond donors (Lipinski definition) is 0. The van der Waals surface area contributed by atoms with Gasteiger partial charge in [0.1, 0.15) is 12.1 Å². The third-order valence-electron chi connectivity index (χ3n) is 6.71. The number of carbonyl (C=O) groups excluding carboxylic acids is 1. The van der Waals surface area contributed by atoms with E-state index >= 15 is 0 Å². The molecule has 1 unspecified atom stereocenters. The summed E-state index contributed by atoms with van der Waals surface area (Å²) in [4.78, 5) is 28.7. The van der Waals surface area contributed by atoms with Crippen molar-refractivity contribution in [3.05, 3.63) is 17.6 Å². The van der Waals surface area contributed by atoms with Crippen molar-refractivity contribution in [1.29, 1.82) is 0 Å². The van der Waals surface area contributed by atoms with Crippen LogP contribution in [-0.4, -0.2) is 84.2 Å². The number of rotatable bonds is 3. The quantitative estimate of drug-likeness (QED) is 0.786. The van der Waals surface area contributed by atoms with E-state index in [1.165, 1.54) is 5.56 Å². The second-order valence-electron chi connectivity index (χ2n) is 8.40. The zero-order valence-electron chi connectivity index (χ0n) is 17.3. The molecule has 3 fully saturated rings. The molecule has 3 saturated heterocycles. The number of morpholine rings is 1. The summed E-state index contributed by atoms with van der Waals surface area (Å²) in [5.41, 5.74) is 2.25. The highest BCUT2D eigenvalue weighted by Gasteiger charge is 2.34. The van der Waals surface area contributed by atoms with Gasteiger partial charge in [0, 0.05) is 50.0 Å². The van der Waals surface area contributed by atoms with E-state index < -0.39 is 0 Å². The lowest BCUT2D eigenvalue weighted by Gasteiger charge is -2.43. The number of carbonyl (C=O) groups is 1. The Morgan fingerprint density at radius 3 is 2.54 bits per heavy atom. The highest BCUT2D eigenvalue weighted by atomic mass is 16.5. The second kappa shape index (κ2) is 8.74. The number of amides is 1. The standard InChI is InChI=1S/C21H33N5O2/c1-16-17(2)22-15-23-20(16)24-8-5-19(6-9-24)26-7-3-4-18(14-26)21(27)25-10-12-28-13-11-25/h15,18-19H,3-14H2,1-2H3. The van der Waals surface area contributed by atoms with Crippen LogP contribution in [0.25, 0.3) is 0 Å². The van der Waals surface area contributed by atoms with Gasteiger partial charge in [-0.15, -0.1) is 0 Å². The number of ether oxygens (including phenoxy) is 1. The van der Waals surface area contributed by atoms with E-state index in [1.54, 1.807) is 6.33 Å². The average Bonchev–Trinajstić information content (AvgIpc) is 2.76. The number of aryl methyl sites for hydroxylation is 1. The monoisotopic (exact) mass is 387 g/mol. The second-order valence-corrected chi connectivity index (χ2v) is 8.40. The van der Waals surface area contributed by atoms with E-state index in [-0.39, 0.29) is 5.92 Å². The van der Waals surface area contributed by atoms with Crippen LogP contribution in [0.3, 0.4) is 0 Å². The molecule has 28 heavy (non-hydrogen) atoms. The molecule has 7 heteroatoms. The van der Waals surface area contributed by atoms with Crippen LogP contribution in [0.4, 0.5) is 5.82 Å². The number of piperidine rings is 2. The third kappa shape index (κ3) is 4.15. The van der Waals surface area contributed by atoms with Crippen LogP contribution in [0.1, 0.15) is 36.9 Å². The van der Waals surface area contributed by atoms with Gasteiger partial charge >= 0.3 is 0 Å². The largest absolute Gasteiger partial charge is 0.378 e. The minimum Gasteiger partial charge on any atom is -0.378 e. The summed E-state index contributed by atoms with van der Waals surface area (Å²) < 4.78 is 5.40. The molecule has 0 spiro atoms. The van der Waals surface area contributed by atoms with Crippen molar-refractivity contribution in [2.75, 3.05) is 57.4 Å². The van der Waals surface area contributed by atoms with Gasteiger partial charge in [-0.05, 0) is 46.1 Å². The summed E-state index contributed by atoms with van der Waals surface area (Å²) in [6.45, 7) is 11.1. The van der Waals surface area contributed by atoms with E-state index in [0.29, 0.717) is 25.2 Å². The summed E-state index contributed by atoms with van der Waals surface area (Å²) in [7, 11) is 0. The number of aromatic nitrogens is 2. The normalized spacial score (nSPS) is 25.1. The van der Waals surface area contributed by atoms with Crippen LogP contribution in [-0.2, 0) is 9.53 Å². The predicted molar refractivity (Wildman–Crippen MR) is 108 cm³/mol. The molecule has 0 radical (unpaired) electrons. The van der Waals surface area contributed by atoms with Crippen molar-refractivity contribution in [2.45, 2.75) is 45.6 Å². The average molecular weight is 388 g/mol. The summed E-state index contributed by atoms with van der Waals surface area (Å²) in [6, 6.07) is 0.583. The molecule has 154 valence electrons. The molecule has 1 atom stereocenters. The summed E-state index contributed by atoms with van der Waals surface area (Å²) in [6.07, 6.45) is 6.12. The van der Waals surface area contributed by atoms with Crippen LogP contribution in [0.5, 0.6) is 0 Å². The zero-order valence-corrected chi connectivity index (χ0v) is 17.3. The highest BCUT2D eigenvalue weighted by molar-refractivity contribution is 5.79. The molecule has 1 aromatic heterocycles. The fourth-order valence-electron chi connectivity index (χ4n) is 4.87. The van der Waals surface area contributed by atoms with Crippen LogP contribution in [0, 0.1) is 19.8 Å². The maximum atomic E-state index is 12.9. The summed E-state index contributed by atoms with van der Waals surface area (Å²) in [5.74, 6) is 1.60. The lowest BCUT2D eigenvalue weighted by atomic mass is 9.92. The summed E-state index contributed by atoms with van der Waals surface area (Å²) >= 11 is 0. The van der Waals surface area contributed by atoms with Crippen LogP contribution in [0.15, 0.2) is 6.33 Å².